The van der Waals surface area contributed by atoms with Crippen molar-refractivity contribution in [3.05, 3.63) is 16.0 Å². The molecule has 1 aliphatic carbocycles. The first kappa shape index (κ1) is 21.4. The molecule has 0 aliphatic heterocycles. The Morgan fingerprint density at radius 2 is 1.52 bits per heavy atom. The molecular formula is C20H29NO5S. The Morgan fingerprint density at radius 3 is 2.07 bits per heavy atom. The van der Waals surface area contributed by atoms with Gasteiger partial charge in [0.15, 0.2) is 0 Å². The molecule has 0 aromatic carbocycles. The van der Waals surface area contributed by atoms with E-state index in [1.807, 2.05) is 0 Å². The molecule has 2 rings (SSSR count). The summed E-state index contributed by atoms with van der Waals surface area (Å²) in [6.45, 7) is 8.73. The fourth-order valence-electron chi connectivity index (χ4n) is 3.16. The molecule has 1 fully saturated rings. The van der Waals surface area contributed by atoms with Gasteiger partial charge in [-0.1, -0.05) is 19.3 Å². The van der Waals surface area contributed by atoms with E-state index in [1.54, 1.807) is 34.6 Å². The third-order valence-corrected chi connectivity index (χ3v) is 5.62. The van der Waals surface area contributed by atoms with E-state index in [0.717, 1.165) is 43.4 Å². The van der Waals surface area contributed by atoms with Gasteiger partial charge in [-0.2, -0.15) is 0 Å². The maximum Gasteiger partial charge on any atom is 0.348 e. The number of nitrogens with one attached hydrogen (secondary N) is 1. The van der Waals surface area contributed by atoms with Gasteiger partial charge >= 0.3 is 11.9 Å². The molecule has 1 amide bonds. The van der Waals surface area contributed by atoms with Crippen LogP contribution in [0.25, 0.3) is 0 Å². The molecule has 0 saturated heterocycles. The minimum atomic E-state index is -0.540. The summed E-state index contributed by atoms with van der Waals surface area (Å²) in [6.07, 6.45) is 4.36. The lowest BCUT2D eigenvalue weighted by Crippen LogP contribution is -2.25. The molecule has 150 valence electrons. The Balaban J connectivity index is 2.33. The normalized spacial score (nSPS) is 15.1. The van der Waals surface area contributed by atoms with E-state index in [2.05, 4.69) is 5.32 Å². The zero-order valence-corrected chi connectivity index (χ0v) is 17.5. The summed E-state index contributed by atoms with van der Waals surface area (Å²) in [5.74, 6) is -1.19. The number of anilines is 1. The van der Waals surface area contributed by atoms with Crippen LogP contribution in [-0.2, 0) is 14.3 Å². The third kappa shape index (κ3) is 5.54. The summed E-state index contributed by atoms with van der Waals surface area (Å²) in [5, 5.41) is 3.24. The number of rotatable bonds is 6. The quantitative estimate of drug-likeness (QED) is 0.706. The van der Waals surface area contributed by atoms with Crippen molar-refractivity contribution in [3.63, 3.8) is 0 Å². The van der Waals surface area contributed by atoms with E-state index in [9.17, 15) is 14.4 Å². The van der Waals surface area contributed by atoms with Gasteiger partial charge in [-0.25, -0.2) is 9.59 Å². The Labute approximate surface area is 164 Å². The predicted octanol–water partition coefficient (Wildman–Crippen LogP) is 4.71. The maximum atomic E-state index is 12.7. The number of hydrogen-bond acceptors (Lipinski definition) is 6. The number of carbonyl (C=O) groups excluding carboxylic acids is 3. The second kappa shape index (κ2) is 9.35. The van der Waals surface area contributed by atoms with Crippen molar-refractivity contribution >= 4 is 34.2 Å². The van der Waals surface area contributed by atoms with Crippen LogP contribution in [0, 0.1) is 12.8 Å². The molecule has 0 bridgehead atoms. The van der Waals surface area contributed by atoms with Crippen molar-refractivity contribution in [2.75, 3.05) is 5.32 Å². The van der Waals surface area contributed by atoms with Gasteiger partial charge in [0.1, 0.15) is 9.88 Å². The zero-order chi connectivity index (χ0) is 20.1. The van der Waals surface area contributed by atoms with Crippen LogP contribution in [0.15, 0.2) is 0 Å². The Morgan fingerprint density at radius 1 is 0.963 bits per heavy atom. The average Bonchev–Trinajstić information content (AvgIpc) is 2.90. The number of ether oxygens (including phenoxy) is 2. The van der Waals surface area contributed by atoms with Crippen molar-refractivity contribution in [1.82, 2.24) is 0 Å². The van der Waals surface area contributed by atoms with Crippen LogP contribution in [-0.4, -0.2) is 30.1 Å². The number of esters is 2. The van der Waals surface area contributed by atoms with Crippen LogP contribution in [0.2, 0.25) is 0 Å². The largest absolute Gasteiger partial charge is 0.459 e. The van der Waals surface area contributed by atoms with E-state index >= 15 is 0 Å². The van der Waals surface area contributed by atoms with Crippen LogP contribution < -0.4 is 5.32 Å². The van der Waals surface area contributed by atoms with Gasteiger partial charge in [-0.15, -0.1) is 11.3 Å². The molecule has 0 radical (unpaired) electrons. The van der Waals surface area contributed by atoms with Gasteiger partial charge in [0.25, 0.3) is 0 Å². The van der Waals surface area contributed by atoms with Crippen LogP contribution in [0.5, 0.6) is 0 Å². The lowest BCUT2D eigenvalue weighted by molar-refractivity contribution is -0.120. The second-order valence-corrected chi connectivity index (χ2v) is 8.51. The Hall–Kier alpha value is -1.89. The van der Waals surface area contributed by atoms with Crippen LogP contribution in [0.3, 0.4) is 0 Å². The molecule has 1 N–H and O–H groups in total. The SMILES string of the molecule is Cc1c(C(=O)OC(C)C)sc(NC(=O)C2CCCCC2)c1C(=O)OC(C)C. The molecular weight excluding hydrogens is 366 g/mol. The van der Waals surface area contributed by atoms with Gasteiger partial charge in [0, 0.05) is 5.92 Å². The van der Waals surface area contributed by atoms with E-state index in [0.29, 0.717) is 15.4 Å². The van der Waals surface area contributed by atoms with E-state index in [4.69, 9.17) is 9.47 Å². The van der Waals surface area contributed by atoms with Crippen molar-refractivity contribution in [2.24, 2.45) is 5.92 Å². The third-order valence-electron chi connectivity index (χ3n) is 4.43. The van der Waals surface area contributed by atoms with Gasteiger partial charge in [0.05, 0.1) is 17.8 Å². The minimum absolute atomic E-state index is 0.0545. The summed E-state index contributed by atoms with van der Waals surface area (Å²) in [5.41, 5.74) is 0.726. The molecule has 27 heavy (non-hydrogen) atoms. The number of hydrogen-bond donors (Lipinski definition) is 1. The standard InChI is InChI=1S/C20H29NO5S/c1-11(2)25-19(23)15-13(5)16(20(24)26-12(3)4)27-18(15)21-17(22)14-9-7-6-8-10-14/h11-12,14H,6-10H2,1-5H3,(H,21,22). The first-order chi connectivity index (χ1) is 12.7. The van der Waals surface area contributed by atoms with E-state index < -0.39 is 11.9 Å². The van der Waals surface area contributed by atoms with Crippen molar-refractivity contribution in [1.29, 1.82) is 0 Å². The summed E-state index contributed by atoms with van der Waals surface area (Å²) in [6, 6.07) is 0. The average molecular weight is 396 g/mol. The fourth-order valence-corrected chi connectivity index (χ4v) is 4.24. The molecule has 1 aromatic rings. The van der Waals surface area contributed by atoms with Crippen LogP contribution in [0.4, 0.5) is 5.00 Å². The minimum Gasteiger partial charge on any atom is -0.459 e. The number of thiophene rings is 1. The highest BCUT2D eigenvalue weighted by molar-refractivity contribution is 7.18. The Kier molecular flexibility index (Phi) is 7.41. The summed E-state index contributed by atoms with van der Waals surface area (Å²) >= 11 is 1.08. The lowest BCUT2D eigenvalue weighted by atomic mass is 9.89. The highest BCUT2D eigenvalue weighted by Crippen LogP contribution is 2.36. The number of carbonyl (C=O) groups is 3. The molecule has 0 spiro atoms. The lowest BCUT2D eigenvalue weighted by Gasteiger charge is -2.20. The first-order valence-corrected chi connectivity index (χ1v) is 10.4. The molecule has 0 atom stereocenters. The molecule has 6 nitrogen and oxygen atoms in total. The second-order valence-electron chi connectivity index (χ2n) is 7.49. The molecule has 1 aliphatic rings. The van der Waals surface area contributed by atoms with Gasteiger partial charge in [-0.05, 0) is 53.0 Å². The summed E-state index contributed by atoms with van der Waals surface area (Å²) in [4.78, 5) is 38.0. The topological polar surface area (TPSA) is 81.7 Å². The molecule has 1 aromatic heterocycles. The molecule has 1 saturated carbocycles. The molecule has 0 unspecified atom stereocenters. The zero-order valence-electron chi connectivity index (χ0n) is 16.7. The van der Waals surface area contributed by atoms with Crippen molar-refractivity contribution in [2.45, 2.75) is 78.9 Å². The summed E-state index contributed by atoms with van der Waals surface area (Å²) < 4.78 is 10.6. The highest BCUT2D eigenvalue weighted by Gasteiger charge is 2.30. The maximum absolute atomic E-state index is 12.7. The van der Waals surface area contributed by atoms with E-state index in [1.165, 1.54) is 0 Å². The Bertz CT molecular complexity index is 701. The smallest absolute Gasteiger partial charge is 0.348 e. The van der Waals surface area contributed by atoms with Crippen LogP contribution in [0.1, 0.15) is 85.4 Å². The summed E-state index contributed by atoms with van der Waals surface area (Å²) in [7, 11) is 0. The highest BCUT2D eigenvalue weighted by atomic mass is 32.1. The predicted molar refractivity (Wildman–Crippen MR) is 105 cm³/mol. The van der Waals surface area contributed by atoms with Gasteiger partial charge in [-0.3, -0.25) is 4.79 Å². The van der Waals surface area contributed by atoms with Gasteiger partial charge in [0.2, 0.25) is 5.91 Å². The van der Waals surface area contributed by atoms with Gasteiger partial charge < -0.3 is 14.8 Å². The number of amides is 1. The van der Waals surface area contributed by atoms with Crippen molar-refractivity contribution in [3.8, 4) is 0 Å². The van der Waals surface area contributed by atoms with Crippen LogP contribution >= 0.6 is 11.3 Å². The first-order valence-electron chi connectivity index (χ1n) is 9.56. The van der Waals surface area contributed by atoms with Crippen molar-refractivity contribution < 1.29 is 23.9 Å². The van der Waals surface area contributed by atoms with E-state index in [-0.39, 0.29) is 29.6 Å². The molecule has 7 heteroatoms. The molecule has 1 heterocycles. The monoisotopic (exact) mass is 395 g/mol. The fraction of sp³-hybridized carbons (Fsp3) is 0.650.